The predicted molar refractivity (Wildman–Crippen MR) is 93.1 cm³/mol. The zero-order chi connectivity index (χ0) is 17.9. The number of allylic oxidation sites excluding steroid dienone is 5. The van der Waals surface area contributed by atoms with Crippen LogP contribution in [-0.4, -0.2) is 24.2 Å². The van der Waals surface area contributed by atoms with E-state index < -0.39 is 5.97 Å². The summed E-state index contributed by atoms with van der Waals surface area (Å²) in [7, 11) is 1.46. The van der Waals surface area contributed by atoms with Crippen LogP contribution in [0.3, 0.4) is 0 Å². The lowest BCUT2D eigenvalue weighted by atomic mass is 9.55. The Morgan fingerprint density at radius 2 is 1.88 bits per heavy atom. The number of aliphatic carboxylic acids is 1. The van der Waals surface area contributed by atoms with Crippen molar-refractivity contribution in [1.82, 2.24) is 0 Å². The Kier molecular flexibility index (Phi) is 6.03. The molecular weight excluding hydrogens is 304 g/mol. The van der Waals surface area contributed by atoms with Crippen molar-refractivity contribution in [3.05, 3.63) is 36.5 Å². The molecule has 0 aliphatic heterocycles. The Balaban J connectivity index is 2.23. The van der Waals surface area contributed by atoms with E-state index >= 15 is 0 Å². The van der Waals surface area contributed by atoms with E-state index in [9.17, 15) is 9.59 Å². The van der Waals surface area contributed by atoms with Gasteiger partial charge in [-0.2, -0.15) is 0 Å². The normalized spacial score (nSPS) is 39.1. The van der Waals surface area contributed by atoms with Gasteiger partial charge >= 0.3 is 11.9 Å². The quantitative estimate of drug-likeness (QED) is 0.369. The molecule has 0 aromatic carbocycles. The van der Waals surface area contributed by atoms with Gasteiger partial charge in [-0.3, -0.25) is 4.79 Å². The van der Waals surface area contributed by atoms with E-state index in [0.29, 0.717) is 29.6 Å². The number of carbonyl (C=O) groups excluding carboxylic acids is 1. The molecule has 0 aromatic heterocycles. The maximum Gasteiger partial charge on any atom is 0.328 e. The summed E-state index contributed by atoms with van der Waals surface area (Å²) in [6.45, 7) is 6.57. The summed E-state index contributed by atoms with van der Waals surface area (Å²) in [6.07, 6.45) is 12.1. The molecule has 0 heterocycles. The summed E-state index contributed by atoms with van der Waals surface area (Å²) < 4.78 is 5.00. The number of hydrogen-bond donors (Lipinski definition) is 1. The zero-order valence-electron chi connectivity index (χ0n) is 14.9. The van der Waals surface area contributed by atoms with Crippen LogP contribution in [0.4, 0.5) is 0 Å². The smallest absolute Gasteiger partial charge is 0.328 e. The Labute approximate surface area is 144 Å². The third kappa shape index (κ3) is 3.80. The van der Waals surface area contributed by atoms with Crippen LogP contribution in [-0.2, 0) is 14.3 Å². The van der Waals surface area contributed by atoms with Gasteiger partial charge in [0.2, 0.25) is 0 Å². The number of hydrogen-bond acceptors (Lipinski definition) is 3. The minimum atomic E-state index is -0.935. The lowest BCUT2D eigenvalue weighted by Crippen LogP contribution is -2.46. The predicted octanol–water partition coefficient (Wildman–Crippen LogP) is 3.70. The molecule has 0 amide bonds. The number of carbonyl (C=O) groups is 2. The van der Waals surface area contributed by atoms with Crippen molar-refractivity contribution in [3.63, 3.8) is 0 Å². The van der Waals surface area contributed by atoms with Gasteiger partial charge in [-0.1, -0.05) is 51.2 Å². The lowest BCUT2D eigenvalue weighted by molar-refractivity contribution is -0.151. The van der Waals surface area contributed by atoms with E-state index in [4.69, 9.17) is 9.84 Å². The highest BCUT2D eigenvalue weighted by atomic mass is 16.5. The zero-order valence-corrected chi connectivity index (χ0v) is 14.9. The van der Waals surface area contributed by atoms with Crippen LogP contribution in [0.15, 0.2) is 36.5 Å². The topological polar surface area (TPSA) is 63.6 Å². The summed E-state index contributed by atoms with van der Waals surface area (Å²) in [5, 5.41) is 8.70. The van der Waals surface area contributed by atoms with Crippen LogP contribution in [0.5, 0.6) is 0 Å². The average Bonchev–Trinajstić information content (AvgIpc) is 2.54. The second kappa shape index (κ2) is 7.82. The first-order chi connectivity index (χ1) is 11.4. The SMILES string of the molecule is COC(=O)[C@H]1C[C@@H](C)[C@H]2[C@@H](C=C[C@H](C)[C@@H]2/C=C/C=C/C(=O)O)[C@@H]1C. The molecule has 4 nitrogen and oxygen atoms in total. The second-order valence-electron chi connectivity index (χ2n) is 7.26. The molecule has 1 saturated carbocycles. The molecule has 24 heavy (non-hydrogen) atoms. The standard InChI is InChI=1S/C20H28O4/c1-12-9-10-16-14(3)17(20(23)24-4)11-13(2)19(16)15(12)7-5-6-8-18(21)22/h5-10,12-17,19H,11H2,1-4H3,(H,21,22)/b7-5+,8-6+/t12-,13+,14-,15-,16-,17-,19+/m0/s1. The highest BCUT2D eigenvalue weighted by Crippen LogP contribution is 2.51. The van der Waals surface area contributed by atoms with Crippen molar-refractivity contribution in [2.24, 2.45) is 41.4 Å². The monoisotopic (exact) mass is 332 g/mol. The fraction of sp³-hybridized carbons (Fsp3) is 0.600. The highest BCUT2D eigenvalue weighted by Gasteiger charge is 2.47. The van der Waals surface area contributed by atoms with Gasteiger partial charge in [0.05, 0.1) is 13.0 Å². The van der Waals surface area contributed by atoms with Crippen LogP contribution in [0.25, 0.3) is 0 Å². The maximum atomic E-state index is 12.1. The summed E-state index contributed by atoms with van der Waals surface area (Å²) >= 11 is 0. The van der Waals surface area contributed by atoms with Gasteiger partial charge in [-0.25, -0.2) is 4.79 Å². The Morgan fingerprint density at radius 1 is 1.17 bits per heavy atom. The molecule has 2 aliphatic rings. The molecule has 0 saturated heterocycles. The molecule has 4 heteroatoms. The number of rotatable bonds is 4. The Morgan fingerprint density at radius 3 is 2.50 bits per heavy atom. The largest absolute Gasteiger partial charge is 0.478 e. The van der Waals surface area contributed by atoms with Gasteiger partial charge in [-0.15, -0.1) is 0 Å². The van der Waals surface area contributed by atoms with Crippen LogP contribution in [0.2, 0.25) is 0 Å². The molecule has 0 bridgehead atoms. The van der Waals surface area contributed by atoms with Gasteiger partial charge in [0.15, 0.2) is 0 Å². The fourth-order valence-electron chi connectivity index (χ4n) is 4.59. The van der Waals surface area contributed by atoms with Gasteiger partial charge < -0.3 is 9.84 Å². The van der Waals surface area contributed by atoms with Gasteiger partial charge in [0, 0.05) is 6.08 Å². The third-order valence-electron chi connectivity index (χ3n) is 5.84. The number of fused-ring (bicyclic) bond motifs is 1. The number of methoxy groups -OCH3 is 1. The Bertz CT molecular complexity index is 560. The molecule has 132 valence electrons. The summed E-state index contributed by atoms with van der Waals surface area (Å²) in [5.41, 5.74) is 0. The number of carboxylic acids is 1. The van der Waals surface area contributed by atoms with Crippen LogP contribution < -0.4 is 0 Å². The van der Waals surface area contributed by atoms with E-state index in [1.54, 1.807) is 6.08 Å². The van der Waals surface area contributed by atoms with E-state index in [2.05, 4.69) is 39.0 Å². The third-order valence-corrected chi connectivity index (χ3v) is 5.84. The first kappa shape index (κ1) is 18.5. The molecule has 0 unspecified atom stereocenters. The van der Waals surface area contributed by atoms with E-state index in [1.807, 2.05) is 6.08 Å². The summed E-state index contributed by atoms with van der Waals surface area (Å²) in [5.74, 6) is 1.18. The first-order valence-electron chi connectivity index (χ1n) is 8.70. The second-order valence-corrected chi connectivity index (χ2v) is 7.26. The molecule has 1 N–H and O–H groups in total. The van der Waals surface area contributed by atoms with Crippen LogP contribution in [0, 0.1) is 41.4 Å². The van der Waals surface area contributed by atoms with Crippen molar-refractivity contribution in [2.45, 2.75) is 27.2 Å². The minimum Gasteiger partial charge on any atom is -0.478 e. The highest BCUT2D eigenvalue weighted by molar-refractivity contribution is 5.80. The Hall–Kier alpha value is -1.84. The van der Waals surface area contributed by atoms with Crippen LogP contribution in [0.1, 0.15) is 27.2 Å². The number of ether oxygens (including phenoxy) is 1. The molecule has 1 fully saturated rings. The van der Waals surface area contributed by atoms with Crippen molar-refractivity contribution >= 4 is 11.9 Å². The summed E-state index contributed by atoms with van der Waals surface area (Å²) in [4.78, 5) is 22.7. The van der Waals surface area contributed by atoms with E-state index in [-0.39, 0.29) is 17.8 Å². The van der Waals surface area contributed by atoms with E-state index in [0.717, 1.165) is 12.5 Å². The molecule has 0 spiro atoms. The first-order valence-corrected chi connectivity index (χ1v) is 8.70. The average molecular weight is 332 g/mol. The van der Waals surface area contributed by atoms with Crippen molar-refractivity contribution in [1.29, 1.82) is 0 Å². The van der Waals surface area contributed by atoms with Gasteiger partial charge in [0.1, 0.15) is 0 Å². The molecular formula is C20H28O4. The van der Waals surface area contributed by atoms with Crippen molar-refractivity contribution in [3.8, 4) is 0 Å². The number of carboxylic acid groups (broad SMARTS) is 1. The fourth-order valence-corrected chi connectivity index (χ4v) is 4.59. The maximum absolute atomic E-state index is 12.1. The van der Waals surface area contributed by atoms with Gasteiger partial charge in [-0.05, 0) is 41.9 Å². The van der Waals surface area contributed by atoms with Crippen molar-refractivity contribution < 1.29 is 19.4 Å². The van der Waals surface area contributed by atoms with Crippen molar-refractivity contribution in [2.75, 3.05) is 7.11 Å². The minimum absolute atomic E-state index is 0.0409. The molecule has 7 atom stereocenters. The van der Waals surface area contributed by atoms with Gasteiger partial charge in [0.25, 0.3) is 0 Å². The molecule has 2 aliphatic carbocycles. The summed E-state index contributed by atoms with van der Waals surface area (Å²) in [6, 6.07) is 0. The molecule has 0 aromatic rings. The molecule has 0 radical (unpaired) electrons. The lowest BCUT2D eigenvalue weighted by Gasteiger charge is -2.49. The molecule has 2 rings (SSSR count). The number of esters is 1. The van der Waals surface area contributed by atoms with Crippen LogP contribution >= 0.6 is 0 Å². The van der Waals surface area contributed by atoms with E-state index in [1.165, 1.54) is 7.11 Å².